The predicted molar refractivity (Wildman–Crippen MR) is 116 cm³/mol. The highest BCUT2D eigenvalue weighted by Gasteiger charge is 2.37. The monoisotopic (exact) mass is 382 g/mol. The van der Waals surface area contributed by atoms with Gasteiger partial charge in [0.05, 0.1) is 5.00 Å². The van der Waals surface area contributed by atoms with Crippen molar-refractivity contribution in [2.45, 2.75) is 38.1 Å². The molecule has 2 aromatic rings. The van der Waals surface area contributed by atoms with Crippen molar-refractivity contribution in [3.8, 4) is 0 Å². The zero-order valence-corrected chi connectivity index (χ0v) is 16.9. The van der Waals surface area contributed by atoms with E-state index in [4.69, 9.17) is 4.99 Å². The van der Waals surface area contributed by atoms with Crippen LogP contribution in [0.4, 0.5) is 5.00 Å². The van der Waals surface area contributed by atoms with E-state index < -0.39 is 0 Å². The summed E-state index contributed by atoms with van der Waals surface area (Å²) >= 11 is 1.84. The van der Waals surface area contributed by atoms with E-state index in [1.807, 2.05) is 11.3 Å². The summed E-state index contributed by atoms with van der Waals surface area (Å²) in [6.07, 6.45) is 3.60. The van der Waals surface area contributed by atoms with E-state index in [9.17, 15) is 0 Å². The van der Waals surface area contributed by atoms with Crippen LogP contribution in [0.3, 0.4) is 0 Å². The van der Waals surface area contributed by atoms with E-state index >= 15 is 0 Å². The average Bonchev–Trinajstić information content (AvgIpc) is 3.28. The lowest BCUT2D eigenvalue weighted by molar-refractivity contribution is 0.462. The van der Waals surface area contributed by atoms with E-state index in [1.165, 1.54) is 29.8 Å². The first-order valence-corrected chi connectivity index (χ1v) is 11.1. The molecule has 5 heteroatoms. The van der Waals surface area contributed by atoms with Crippen LogP contribution in [0, 0.1) is 5.92 Å². The van der Waals surface area contributed by atoms with Crippen LogP contribution in [-0.2, 0) is 0 Å². The van der Waals surface area contributed by atoms with Crippen LogP contribution in [-0.4, -0.2) is 38.2 Å². The van der Waals surface area contributed by atoms with Gasteiger partial charge in [0.25, 0.3) is 0 Å². The molecule has 0 spiro atoms. The summed E-state index contributed by atoms with van der Waals surface area (Å²) in [5.41, 5.74) is 1.47. The number of guanidine groups is 1. The van der Waals surface area contributed by atoms with Crippen LogP contribution in [0.25, 0.3) is 0 Å². The summed E-state index contributed by atoms with van der Waals surface area (Å²) in [4.78, 5) is 7.40. The highest BCUT2D eigenvalue weighted by molar-refractivity contribution is 7.14. The van der Waals surface area contributed by atoms with Gasteiger partial charge in [-0.15, -0.1) is 11.3 Å². The third kappa shape index (κ3) is 4.83. The van der Waals surface area contributed by atoms with Gasteiger partial charge >= 0.3 is 0 Å². The average molecular weight is 383 g/mol. The number of hydrogen-bond acceptors (Lipinski definition) is 3. The fourth-order valence-corrected chi connectivity index (χ4v) is 4.76. The van der Waals surface area contributed by atoms with E-state index in [0.29, 0.717) is 17.9 Å². The smallest absolute Gasteiger partial charge is 0.191 e. The molecule has 1 aromatic carbocycles. The van der Waals surface area contributed by atoms with Crippen LogP contribution in [0.2, 0.25) is 0 Å². The molecule has 4 nitrogen and oxygen atoms in total. The highest BCUT2D eigenvalue weighted by Crippen LogP contribution is 2.47. The van der Waals surface area contributed by atoms with Gasteiger partial charge < -0.3 is 15.5 Å². The number of aliphatic imine (C=N–C) groups is 1. The molecule has 2 N–H and O–H groups in total. The van der Waals surface area contributed by atoms with Crippen molar-refractivity contribution in [3.63, 3.8) is 0 Å². The Bertz CT molecular complexity index is 720. The largest absolute Gasteiger partial charge is 0.363 e. The van der Waals surface area contributed by atoms with Crippen molar-refractivity contribution in [1.82, 2.24) is 10.6 Å². The van der Waals surface area contributed by atoms with Gasteiger partial charge in [-0.25, -0.2) is 0 Å². The number of nitrogens with one attached hydrogen (secondary N) is 2. The molecule has 4 rings (SSSR count). The zero-order chi connectivity index (χ0) is 18.5. The molecular formula is C22H30N4S. The highest BCUT2D eigenvalue weighted by atomic mass is 32.1. The molecule has 2 aliphatic rings. The molecule has 1 saturated carbocycles. The Morgan fingerprint density at radius 1 is 1.15 bits per heavy atom. The SMILES string of the molecule is CCNC(=NCC1CC1c1ccccc1)NC1CCN(c2cccs2)CC1. The number of nitrogens with zero attached hydrogens (tertiary/aromatic N) is 2. The fourth-order valence-electron chi connectivity index (χ4n) is 3.97. The molecule has 144 valence electrons. The van der Waals surface area contributed by atoms with E-state index in [1.54, 1.807) is 0 Å². The van der Waals surface area contributed by atoms with Crippen molar-refractivity contribution < 1.29 is 0 Å². The lowest BCUT2D eigenvalue weighted by atomic mass is 10.1. The minimum Gasteiger partial charge on any atom is -0.363 e. The molecule has 2 unspecified atom stereocenters. The molecule has 2 atom stereocenters. The number of thiophene rings is 1. The Hall–Kier alpha value is -2.01. The normalized spacial score (nSPS) is 23.3. The molecular weight excluding hydrogens is 352 g/mol. The van der Waals surface area contributed by atoms with E-state index in [-0.39, 0.29) is 0 Å². The summed E-state index contributed by atoms with van der Waals surface area (Å²) in [6.45, 7) is 6.21. The number of anilines is 1. The first-order chi connectivity index (χ1) is 13.3. The second-order valence-corrected chi connectivity index (χ2v) is 8.52. The van der Waals surface area contributed by atoms with Crippen molar-refractivity contribution in [2.75, 3.05) is 31.1 Å². The third-order valence-corrected chi connectivity index (χ3v) is 6.56. The van der Waals surface area contributed by atoms with Crippen molar-refractivity contribution in [2.24, 2.45) is 10.9 Å². The first kappa shape index (κ1) is 18.4. The van der Waals surface area contributed by atoms with Gasteiger partial charge in [0.1, 0.15) is 0 Å². The Labute approximate surface area is 166 Å². The second-order valence-electron chi connectivity index (χ2n) is 7.59. The Kier molecular flexibility index (Phi) is 5.97. The Balaban J connectivity index is 1.26. The molecule has 1 saturated heterocycles. The summed E-state index contributed by atoms with van der Waals surface area (Å²) in [5.74, 6) is 2.39. The molecule has 0 bridgehead atoms. The number of piperidine rings is 1. The fraction of sp³-hybridized carbons (Fsp3) is 0.500. The first-order valence-electron chi connectivity index (χ1n) is 10.2. The quantitative estimate of drug-likeness (QED) is 0.584. The molecule has 0 amide bonds. The van der Waals surface area contributed by atoms with Crippen LogP contribution in [0.15, 0.2) is 52.8 Å². The van der Waals surface area contributed by atoms with Crippen molar-refractivity contribution in [1.29, 1.82) is 0 Å². The molecule has 2 fully saturated rings. The standard InChI is InChI=1S/C22H30N4S/c1-2-23-22(24-16-18-15-20(18)17-7-4-3-5-8-17)25-19-10-12-26(13-11-19)21-9-6-14-27-21/h3-9,14,18-20H,2,10-13,15-16H2,1H3,(H2,23,24,25). The molecule has 1 aromatic heterocycles. The minimum atomic E-state index is 0.517. The van der Waals surface area contributed by atoms with Gasteiger partial charge in [-0.05, 0) is 61.1 Å². The van der Waals surface area contributed by atoms with Crippen LogP contribution in [0.1, 0.15) is 37.7 Å². The van der Waals surface area contributed by atoms with Gasteiger partial charge in [-0.2, -0.15) is 0 Å². The van der Waals surface area contributed by atoms with Gasteiger partial charge in [0.2, 0.25) is 0 Å². The second kappa shape index (κ2) is 8.79. The lowest BCUT2D eigenvalue weighted by Gasteiger charge is -2.33. The summed E-state index contributed by atoms with van der Waals surface area (Å²) in [7, 11) is 0. The van der Waals surface area contributed by atoms with Crippen LogP contribution in [0.5, 0.6) is 0 Å². The summed E-state index contributed by atoms with van der Waals surface area (Å²) < 4.78 is 0. The Morgan fingerprint density at radius 2 is 1.96 bits per heavy atom. The van der Waals surface area contributed by atoms with Crippen molar-refractivity contribution >= 4 is 22.3 Å². The zero-order valence-electron chi connectivity index (χ0n) is 16.1. The van der Waals surface area contributed by atoms with Gasteiger partial charge in [0, 0.05) is 32.2 Å². The maximum Gasteiger partial charge on any atom is 0.191 e. The number of rotatable bonds is 6. The maximum atomic E-state index is 4.90. The van der Waals surface area contributed by atoms with Crippen LogP contribution >= 0.6 is 11.3 Å². The Morgan fingerprint density at radius 3 is 2.67 bits per heavy atom. The van der Waals surface area contributed by atoms with Gasteiger partial charge in [-0.3, -0.25) is 4.99 Å². The number of benzene rings is 1. The lowest BCUT2D eigenvalue weighted by Crippen LogP contribution is -2.48. The predicted octanol–water partition coefficient (Wildman–Crippen LogP) is 4.08. The molecule has 0 radical (unpaired) electrons. The topological polar surface area (TPSA) is 39.7 Å². The molecule has 27 heavy (non-hydrogen) atoms. The third-order valence-electron chi connectivity index (χ3n) is 5.63. The molecule has 1 aliphatic carbocycles. The minimum absolute atomic E-state index is 0.517. The van der Waals surface area contributed by atoms with Crippen LogP contribution < -0.4 is 15.5 Å². The number of hydrogen-bond donors (Lipinski definition) is 2. The van der Waals surface area contributed by atoms with Crippen molar-refractivity contribution in [3.05, 3.63) is 53.4 Å². The van der Waals surface area contributed by atoms with Gasteiger partial charge in [-0.1, -0.05) is 30.3 Å². The molecule has 2 heterocycles. The van der Waals surface area contributed by atoms with E-state index in [2.05, 4.69) is 70.3 Å². The summed E-state index contributed by atoms with van der Waals surface area (Å²) in [6, 6.07) is 15.8. The maximum absolute atomic E-state index is 4.90. The summed E-state index contributed by atoms with van der Waals surface area (Å²) in [5, 5.41) is 10.7. The molecule has 1 aliphatic heterocycles. The van der Waals surface area contributed by atoms with E-state index in [0.717, 1.165) is 32.1 Å². The van der Waals surface area contributed by atoms with Gasteiger partial charge in [0.15, 0.2) is 5.96 Å².